The summed E-state index contributed by atoms with van der Waals surface area (Å²) in [6.07, 6.45) is -4.58. The molecule has 1 amide bonds. The molecule has 0 spiro atoms. The van der Waals surface area contributed by atoms with Crippen molar-refractivity contribution in [2.75, 3.05) is 31.1 Å². The standard InChI is InChI=1S/C21H25F3N8O/c1-12-17(30-20(26)27-13(2)25)28-18(15-6-4-5-7-16(15)21(22,23)24)29-19(12)32-10-8-31(9-11-32)14(3)33/h4-7H,8-11H2,1-3H3,(H4,25,26,27,28,29,30)/p+1. The Hall–Kier alpha value is -3.70. The summed E-state index contributed by atoms with van der Waals surface area (Å²) in [5.74, 6) is 0.627. The van der Waals surface area contributed by atoms with Crippen LogP contribution in [0, 0.1) is 6.92 Å². The number of hydrogen-bond donors (Lipinski definition) is 2. The van der Waals surface area contributed by atoms with Crippen molar-refractivity contribution in [1.29, 1.82) is 0 Å². The predicted molar refractivity (Wildman–Crippen MR) is 119 cm³/mol. The van der Waals surface area contributed by atoms with Gasteiger partial charge in [-0.3, -0.25) is 9.69 Å². The van der Waals surface area contributed by atoms with Crippen LogP contribution in [-0.4, -0.2) is 53.8 Å². The lowest BCUT2D eigenvalue weighted by molar-refractivity contribution is -0.355. The Balaban J connectivity index is 2.16. The molecule has 2 aromatic rings. The molecule has 1 aromatic heterocycles. The molecule has 0 saturated carbocycles. The molecule has 1 saturated heterocycles. The largest absolute Gasteiger partial charge is 0.417 e. The average molecular weight is 463 g/mol. The van der Waals surface area contributed by atoms with Gasteiger partial charge in [0.25, 0.3) is 5.82 Å². The first-order valence-electron chi connectivity index (χ1n) is 10.2. The topological polar surface area (TPSA) is 127 Å². The fourth-order valence-corrected chi connectivity index (χ4v) is 3.58. The van der Waals surface area contributed by atoms with E-state index in [0.29, 0.717) is 37.6 Å². The number of anilines is 1. The number of nitrogens with one attached hydrogen (secondary N) is 1. The maximum atomic E-state index is 13.7. The van der Waals surface area contributed by atoms with Crippen LogP contribution in [0.2, 0.25) is 0 Å². The van der Waals surface area contributed by atoms with E-state index in [1.54, 1.807) is 11.8 Å². The van der Waals surface area contributed by atoms with Crippen molar-refractivity contribution in [3.63, 3.8) is 0 Å². The Morgan fingerprint density at radius 2 is 1.76 bits per heavy atom. The second-order valence-electron chi connectivity index (χ2n) is 7.64. The number of aromatic amines is 1. The molecule has 33 heavy (non-hydrogen) atoms. The fourth-order valence-electron chi connectivity index (χ4n) is 3.58. The molecule has 12 heteroatoms. The van der Waals surface area contributed by atoms with Crippen molar-refractivity contribution in [2.24, 2.45) is 21.5 Å². The number of benzene rings is 1. The second-order valence-corrected chi connectivity index (χ2v) is 7.64. The Labute approximate surface area is 189 Å². The van der Waals surface area contributed by atoms with Gasteiger partial charge in [-0.2, -0.15) is 18.2 Å². The quantitative estimate of drug-likeness (QED) is 0.531. The van der Waals surface area contributed by atoms with E-state index in [4.69, 9.17) is 11.5 Å². The normalized spacial score (nSPS) is 15.7. The minimum absolute atomic E-state index is 0.0162. The van der Waals surface area contributed by atoms with Crippen LogP contribution in [-0.2, 0) is 11.0 Å². The number of aromatic nitrogens is 2. The molecular weight excluding hydrogens is 437 g/mol. The number of alkyl halides is 3. The number of nitrogens with two attached hydrogens (primary N) is 2. The van der Waals surface area contributed by atoms with Gasteiger partial charge in [-0.05, 0) is 26.0 Å². The van der Waals surface area contributed by atoms with Crippen molar-refractivity contribution in [3.8, 4) is 11.4 Å². The van der Waals surface area contributed by atoms with Crippen LogP contribution in [0.15, 0.2) is 34.3 Å². The predicted octanol–water partition coefficient (Wildman–Crippen LogP) is 1.88. The summed E-state index contributed by atoms with van der Waals surface area (Å²) >= 11 is 0. The lowest BCUT2D eigenvalue weighted by Crippen LogP contribution is -2.49. The summed E-state index contributed by atoms with van der Waals surface area (Å²) in [6.45, 7) is 6.71. The maximum Gasteiger partial charge on any atom is 0.417 e. The van der Waals surface area contributed by atoms with Crippen LogP contribution in [0.25, 0.3) is 11.4 Å². The Bertz CT molecular complexity index is 1100. The van der Waals surface area contributed by atoms with Crippen molar-refractivity contribution in [1.82, 2.24) is 9.88 Å². The first-order valence-corrected chi connectivity index (χ1v) is 10.2. The fraction of sp³-hybridized carbons (Fsp3) is 0.381. The summed E-state index contributed by atoms with van der Waals surface area (Å²) in [5, 5.41) is 0. The molecule has 1 aliphatic rings. The van der Waals surface area contributed by atoms with Crippen LogP contribution < -0.4 is 21.4 Å². The van der Waals surface area contributed by atoms with Crippen LogP contribution in [0.5, 0.6) is 0 Å². The van der Waals surface area contributed by atoms with Gasteiger partial charge in [0, 0.05) is 6.92 Å². The molecule has 0 aliphatic carbocycles. The van der Waals surface area contributed by atoms with Crippen molar-refractivity contribution in [2.45, 2.75) is 26.9 Å². The van der Waals surface area contributed by atoms with Gasteiger partial charge >= 0.3 is 6.18 Å². The van der Waals surface area contributed by atoms with Gasteiger partial charge in [0.2, 0.25) is 23.5 Å². The van der Waals surface area contributed by atoms with E-state index in [1.165, 1.54) is 32.0 Å². The monoisotopic (exact) mass is 463 g/mol. The highest BCUT2D eigenvalue weighted by Gasteiger charge is 2.36. The number of aliphatic imine (C=N–C) groups is 2. The molecule has 176 valence electrons. The minimum atomic E-state index is -4.58. The van der Waals surface area contributed by atoms with E-state index < -0.39 is 11.7 Å². The molecule has 2 heterocycles. The van der Waals surface area contributed by atoms with Gasteiger partial charge in [-0.1, -0.05) is 17.1 Å². The van der Waals surface area contributed by atoms with Gasteiger partial charge in [0.05, 0.1) is 48.7 Å². The number of guanidine groups is 1. The zero-order chi connectivity index (χ0) is 24.3. The van der Waals surface area contributed by atoms with E-state index in [9.17, 15) is 18.0 Å². The van der Waals surface area contributed by atoms with Gasteiger partial charge in [0.15, 0.2) is 0 Å². The van der Waals surface area contributed by atoms with Crippen LogP contribution >= 0.6 is 0 Å². The number of amidine groups is 1. The van der Waals surface area contributed by atoms with E-state index in [0.717, 1.165) is 6.07 Å². The summed E-state index contributed by atoms with van der Waals surface area (Å²) in [7, 11) is 0. The van der Waals surface area contributed by atoms with Crippen LogP contribution in [0.3, 0.4) is 0 Å². The molecule has 1 fully saturated rings. The third-order valence-corrected chi connectivity index (χ3v) is 5.19. The van der Waals surface area contributed by atoms with Crippen LogP contribution in [0.4, 0.5) is 24.8 Å². The number of rotatable bonds is 3. The minimum Gasteiger partial charge on any atom is -0.387 e. The number of amides is 1. The van der Waals surface area contributed by atoms with E-state index in [1.807, 2.05) is 4.90 Å². The summed E-state index contributed by atoms with van der Waals surface area (Å²) < 4.78 is 41.0. The molecule has 0 unspecified atom stereocenters. The van der Waals surface area contributed by atoms with Crippen molar-refractivity contribution >= 4 is 29.3 Å². The van der Waals surface area contributed by atoms with Gasteiger partial charge in [-0.25, -0.2) is 9.98 Å². The zero-order valence-corrected chi connectivity index (χ0v) is 18.6. The highest BCUT2D eigenvalue weighted by molar-refractivity contribution is 5.94. The van der Waals surface area contributed by atoms with Crippen LogP contribution in [0.1, 0.15) is 25.0 Å². The number of carbonyl (C=O) groups is 1. The van der Waals surface area contributed by atoms with E-state index in [2.05, 4.69) is 20.0 Å². The third-order valence-electron chi connectivity index (χ3n) is 5.19. The SMILES string of the molecule is CC(=O)N1CCN(c2[nH+]c(-c3ccccc3C(F)(F)F)nc(N=C(N)N=C(C)N)c2C)CC1. The number of hydrogen-bond acceptors (Lipinski definition) is 4. The first-order chi connectivity index (χ1) is 15.5. The molecule has 1 aromatic carbocycles. The number of H-pyrrole nitrogens is 1. The van der Waals surface area contributed by atoms with Gasteiger partial charge < -0.3 is 16.4 Å². The zero-order valence-electron chi connectivity index (χ0n) is 18.6. The Morgan fingerprint density at radius 3 is 2.33 bits per heavy atom. The Morgan fingerprint density at radius 1 is 1.12 bits per heavy atom. The molecule has 0 atom stereocenters. The summed E-state index contributed by atoms with van der Waals surface area (Å²) in [5.41, 5.74) is 11.0. The summed E-state index contributed by atoms with van der Waals surface area (Å²) in [6, 6.07) is 5.16. The average Bonchev–Trinajstić information content (AvgIpc) is 2.74. The molecule has 5 N–H and O–H groups in total. The molecule has 3 rings (SSSR count). The number of halogens is 3. The van der Waals surface area contributed by atoms with Gasteiger partial charge in [-0.15, -0.1) is 0 Å². The first kappa shape index (κ1) is 24.0. The highest BCUT2D eigenvalue weighted by atomic mass is 19.4. The molecule has 0 radical (unpaired) electrons. The van der Waals surface area contributed by atoms with E-state index in [-0.39, 0.29) is 34.9 Å². The lowest BCUT2D eigenvalue weighted by atomic mass is 10.1. The number of piperazine rings is 1. The number of nitrogens with zero attached hydrogens (tertiary/aromatic N) is 5. The van der Waals surface area contributed by atoms with Crippen molar-refractivity contribution in [3.05, 3.63) is 35.4 Å². The van der Waals surface area contributed by atoms with Gasteiger partial charge in [0.1, 0.15) is 0 Å². The smallest absolute Gasteiger partial charge is 0.387 e. The van der Waals surface area contributed by atoms with E-state index >= 15 is 0 Å². The third kappa shape index (κ3) is 5.57. The summed E-state index contributed by atoms with van der Waals surface area (Å²) in [4.78, 5) is 30.8. The number of carbonyl (C=O) groups excluding carboxylic acids is 1. The lowest BCUT2D eigenvalue weighted by Gasteiger charge is -2.32. The maximum absolute atomic E-state index is 13.7. The highest BCUT2D eigenvalue weighted by Crippen LogP contribution is 2.36. The van der Waals surface area contributed by atoms with Crippen molar-refractivity contribution < 1.29 is 22.9 Å². The second kappa shape index (κ2) is 9.43. The molecule has 9 nitrogen and oxygen atoms in total. The Kier molecular flexibility index (Phi) is 6.84. The molecule has 1 aliphatic heterocycles. The molecule has 0 bridgehead atoms. The molecular formula is C21H26F3N8O+.